The van der Waals surface area contributed by atoms with Gasteiger partial charge in [0.05, 0.1) is 5.69 Å². The van der Waals surface area contributed by atoms with Gasteiger partial charge in [-0.05, 0) is 54.3 Å². The predicted octanol–water partition coefficient (Wildman–Crippen LogP) is 3.76. The number of carbonyl (C=O) groups excluding carboxylic acids is 1. The van der Waals surface area contributed by atoms with Gasteiger partial charge in [0.1, 0.15) is 4.88 Å². The number of benzene rings is 2. The first kappa shape index (κ1) is 19.2. The van der Waals surface area contributed by atoms with E-state index in [1.807, 2.05) is 19.1 Å². The molecule has 0 atom stereocenters. The normalized spacial score (nSPS) is 11.0. The van der Waals surface area contributed by atoms with Crippen LogP contribution >= 0.6 is 11.5 Å². The van der Waals surface area contributed by atoms with Crippen molar-refractivity contribution >= 4 is 17.4 Å². The summed E-state index contributed by atoms with van der Waals surface area (Å²) in [5.41, 5.74) is 5.40. The number of hydrogen-bond acceptors (Lipinski definition) is 5. The molecule has 3 rings (SSSR count). The second kappa shape index (κ2) is 8.88. The van der Waals surface area contributed by atoms with Crippen LogP contribution in [0.15, 0.2) is 48.5 Å². The zero-order valence-corrected chi connectivity index (χ0v) is 16.7. The number of aromatic nitrogens is 2. The van der Waals surface area contributed by atoms with Gasteiger partial charge in [0.2, 0.25) is 0 Å². The van der Waals surface area contributed by atoms with Crippen molar-refractivity contribution < 1.29 is 4.79 Å². The number of amides is 1. The molecule has 1 amide bonds. The second-order valence-corrected chi connectivity index (χ2v) is 7.43. The Labute approximate surface area is 164 Å². The van der Waals surface area contributed by atoms with Crippen molar-refractivity contribution in [3.05, 3.63) is 70.2 Å². The fourth-order valence-corrected chi connectivity index (χ4v) is 3.65. The maximum absolute atomic E-state index is 12.5. The van der Waals surface area contributed by atoms with E-state index < -0.39 is 0 Å². The Morgan fingerprint density at radius 1 is 1.11 bits per heavy atom. The molecule has 0 saturated carbocycles. The molecule has 0 aliphatic rings. The fourth-order valence-electron chi connectivity index (χ4n) is 2.98. The SMILES string of the molecule is CCc1nnsc1C(=O)NCc1ccccc1-c1ccc(CN(C)C)cc1. The van der Waals surface area contributed by atoms with Crippen molar-refractivity contribution in [3.8, 4) is 11.1 Å². The predicted molar refractivity (Wildman–Crippen MR) is 110 cm³/mol. The van der Waals surface area contributed by atoms with E-state index in [0.29, 0.717) is 17.8 Å². The summed E-state index contributed by atoms with van der Waals surface area (Å²) in [5, 5.41) is 7.02. The Bertz CT molecular complexity index is 903. The molecule has 0 radical (unpaired) electrons. The molecule has 5 nitrogen and oxygen atoms in total. The van der Waals surface area contributed by atoms with Crippen molar-refractivity contribution in [1.82, 2.24) is 19.8 Å². The highest BCUT2D eigenvalue weighted by Crippen LogP contribution is 2.24. The zero-order valence-electron chi connectivity index (χ0n) is 15.9. The first-order valence-electron chi connectivity index (χ1n) is 9.00. The van der Waals surface area contributed by atoms with Crippen LogP contribution in [0.2, 0.25) is 0 Å². The molecule has 27 heavy (non-hydrogen) atoms. The molecule has 2 aromatic carbocycles. The van der Waals surface area contributed by atoms with Crippen LogP contribution in [0.4, 0.5) is 0 Å². The number of nitrogens with one attached hydrogen (secondary N) is 1. The van der Waals surface area contributed by atoms with Gasteiger partial charge >= 0.3 is 0 Å². The lowest BCUT2D eigenvalue weighted by molar-refractivity contribution is 0.0954. The van der Waals surface area contributed by atoms with Crippen LogP contribution in [0.3, 0.4) is 0 Å². The summed E-state index contributed by atoms with van der Waals surface area (Å²) in [4.78, 5) is 15.2. The van der Waals surface area contributed by atoms with Crippen molar-refractivity contribution in [1.29, 1.82) is 0 Å². The van der Waals surface area contributed by atoms with E-state index >= 15 is 0 Å². The third-order valence-corrected chi connectivity index (χ3v) is 5.08. The molecule has 3 aromatic rings. The number of nitrogens with zero attached hydrogens (tertiary/aromatic N) is 3. The van der Waals surface area contributed by atoms with Gasteiger partial charge in [-0.25, -0.2) is 0 Å². The average Bonchev–Trinajstić information content (AvgIpc) is 3.15. The van der Waals surface area contributed by atoms with Crippen molar-refractivity contribution in [2.75, 3.05) is 14.1 Å². The molecule has 1 aromatic heterocycles. The minimum atomic E-state index is -0.113. The maximum Gasteiger partial charge on any atom is 0.265 e. The fraction of sp³-hybridized carbons (Fsp3) is 0.286. The highest BCUT2D eigenvalue weighted by Gasteiger charge is 2.15. The lowest BCUT2D eigenvalue weighted by Gasteiger charge is -2.13. The van der Waals surface area contributed by atoms with E-state index in [0.717, 1.165) is 40.5 Å². The lowest BCUT2D eigenvalue weighted by Crippen LogP contribution is -2.23. The molecule has 1 N–H and O–H groups in total. The number of hydrogen-bond donors (Lipinski definition) is 1. The van der Waals surface area contributed by atoms with Crippen molar-refractivity contribution in [3.63, 3.8) is 0 Å². The van der Waals surface area contributed by atoms with E-state index in [9.17, 15) is 4.79 Å². The van der Waals surface area contributed by atoms with Crippen LogP contribution in [0, 0.1) is 0 Å². The van der Waals surface area contributed by atoms with Crippen molar-refractivity contribution in [2.24, 2.45) is 0 Å². The Kier molecular flexibility index (Phi) is 6.32. The maximum atomic E-state index is 12.5. The smallest absolute Gasteiger partial charge is 0.265 e. The highest BCUT2D eigenvalue weighted by atomic mass is 32.1. The number of aryl methyl sites for hydroxylation is 1. The summed E-state index contributed by atoms with van der Waals surface area (Å²) in [7, 11) is 4.13. The summed E-state index contributed by atoms with van der Waals surface area (Å²) in [5.74, 6) is -0.113. The van der Waals surface area contributed by atoms with E-state index in [2.05, 4.69) is 70.3 Å². The third-order valence-electron chi connectivity index (χ3n) is 4.32. The van der Waals surface area contributed by atoms with Gasteiger partial charge in [0.15, 0.2) is 0 Å². The minimum Gasteiger partial charge on any atom is -0.347 e. The van der Waals surface area contributed by atoms with Crippen LogP contribution in [0.25, 0.3) is 11.1 Å². The van der Waals surface area contributed by atoms with Crippen LogP contribution in [0.5, 0.6) is 0 Å². The van der Waals surface area contributed by atoms with Gasteiger partial charge in [-0.3, -0.25) is 4.79 Å². The zero-order chi connectivity index (χ0) is 19.2. The Morgan fingerprint density at radius 3 is 2.56 bits per heavy atom. The summed E-state index contributed by atoms with van der Waals surface area (Å²) in [6, 6.07) is 16.8. The molecule has 0 saturated heterocycles. The van der Waals surface area contributed by atoms with Crippen LogP contribution in [-0.2, 0) is 19.5 Å². The standard InChI is InChI=1S/C21H24N4OS/c1-4-19-20(27-24-23-19)21(26)22-13-17-7-5-6-8-18(17)16-11-9-15(10-12-16)14-25(2)3/h5-12H,4,13-14H2,1-3H3,(H,22,26). The minimum absolute atomic E-state index is 0.113. The van der Waals surface area contributed by atoms with E-state index in [4.69, 9.17) is 0 Å². The number of carbonyl (C=O) groups is 1. The monoisotopic (exact) mass is 380 g/mol. The molecular formula is C21H24N4OS. The van der Waals surface area contributed by atoms with E-state index in [1.165, 1.54) is 5.56 Å². The Balaban J connectivity index is 1.75. The average molecular weight is 381 g/mol. The van der Waals surface area contributed by atoms with E-state index in [1.54, 1.807) is 0 Å². The Morgan fingerprint density at radius 2 is 1.85 bits per heavy atom. The summed E-state index contributed by atoms with van der Waals surface area (Å²) in [6.45, 7) is 3.36. The first-order chi connectivity index (χ1) is 13.1. The molecule has 0 aliphatic heterocycles. The summed E-state index contributed by atoms with van der Waals surface area (Å²) in [6.07, 6.45) is 0.704. The van der Waals surface area contributed by atoms with E-state index in [-0.39, 0.29) is 5.91 Å². The van der Waals surface area contributed by atoms with Crippen LogP contribution in [-0.4, -0.2) is 34.5 Å². The molecule has 140 valence electrons. The molecular weight excluding hydrogens is 356 g/mol. The molecule has 6 heteroatoms. The number of rotatable bonds is 7. The second-order valence-electron chi connectivity index (χ2n) is 6.68. The Hall–Kier alpha value is -2.57. The highest BCUT2D eigenvalue weighted by molar-refractivity contribution is 7.08. The van der Waals surface area contributed by atoms with Gasteiger partial charge in [-0.1, -0.05) is 59.9 Å². The largest absolute Gasteiger partial charge is 0.347 e. The quantitative estimate of drug-likeness (QED) is 0.678. The van der Waals surface area contributed by atoms with Crippen LogP contribution < -0.4 is 5.32 Å². The topological polar surface area (TPSA) is 58.1 Å². The van der Waals surface area contributed by atoms with Crippen molar-refractivity contribution in [2.45, 2.75) is 26.4 Å². The van der Waals surface area contributed by atoms with Crippen LogP contribution in [0.1, 0.15) is 33.4 Å². The molecule has 0 unspecified atom stereocenters. The van der Waals surface area contributed by atoms with Gasteiger partial charge in [0.25, 0.3) is 5.91 Å². The first-order valence-corrected chi connectivity index (χ1v) is 9.77. The summed E-state index contributed by atoms with van der Waals surface area (Å²) < 4.78 is 3.89. The molecule has 0 aliphatic carbocycles. The lowest BCUT2D eigenvalue weighted by atomic mass is 9.98. The molecule has 1 heterocycles. The summed E-state index contributed by atoms with van der Waals surface area (Å²) >= 11 is 1.15. The van der Waals surface area contributed by atoms with Gasteiger partial charge in [-0.15, -0.1) is 5.10 Å². The third kappa shape index (κ3) is 4.78. The molecule has 0 bridgehead atoms. The molecule has 0 fully saturated rings. The van der Waals surface area contributed by atoms with Gasteiger partial charge < -0.3 is 10.2 Å². The molecule has 0 spiro atoms. The van der Waals surface area contributed by atoms with Gasteiger partial charge in [0, 0.05) is 13.1 Å². The van der Waals surface area contributed by atoms with Gasteiger partial charge in [-0.2, -0.15) is 0 Å².